The lowest BCUT2D eigenvalue weighted by molar-refractivity contribution is 0.299. The zero-order valence-electron chi connectivity index (χ0n) is 15.0. The highest BCUT2D eigenvalue weighted by molar-refractivity contribution is 5.36. The van der Waals surface area contributed by atoms with Crippen molar-refractivity contribution in [1.29, 1.82) is 10.5 Å². The van der Waals surface area contributed by atoms with Crippen molar-refractivity contribution in [3.05, 3.63) is 94.5 Å². The first-order valence-electron chi connectivity index (χ1n) is 8.52. The lowest BCUT2D eigenvalue weighted by atomic mass is 10.1. The van der Waals surface area contributed by atoms with Crippen molar-refractivity contribution in [3.63, 3.8) is 0 Å². The van der Waals surface area contributed by atoms with Crippen LogP contribution < -0.4 is 9.47 Å². The lowest BCUT2D eigenvalue weighted by Gasteiger charge is -2.12. The van der Waals surface area contributed by atoms with E-state index in [0.29, 0.717) is 24.3 Å². The van der Waals surface area contributed by atoms with Crippen molar-refractivity contribution in [2.75, 3.05) is 0 Å². The Labute approximate surface area is 158 Å². The minimum atomic E-state index is 0.441. The Balaban J connectivity index is 1.62. The summed E-state index contributed by atoms with van der Waals surface area (Å²) in [6, 6.07) is 24.5. The molecule has 0 aliphatic carbocycles. The van der Waals surface area contributed by atoms with Gasteiger partial charge in [-0.25, -0.2) is 0 Å². The maximum atomic E-state index is 8.85. The third-order valence-corrected chi connectivity index (χ3v) is 4.18. The van der Waals surface area contributed by atoms with Crippen molar-refractivity contribution in [2.24, 2.45) is 0 Å². The van der Waals surface area contributed by atoms with Crippen LogP contribution in [0.25, 0.3) is 0 Å². The van der Waals surface area contributed by atoms with Gasteiger partial charge in [0, 0.05) is 0 Å². The highest BCUT2D eigenvalue weighted by Gasteiger charge is 2.04. The molecular weight excluding hydrogens is 336 g/mol. The van der Waals surface area contributed by atoms with E-state index in [1.807, 2.05) is 13.0 Å². The molecule has 0 aliphatic heterocycles. The molecule has 0 saturated heterocycles. The van der Waals surface area contributed by atoms with Gasteiger partial charge in [0.05, 0.1) is 23.3 Å². The zero-order valence-corrected chi connectivity index (χ0v) is 15.0. The lowest BCUT2D eigenvalue weighted by Crippen LogP contribution is -2.01. The van der Waals surface area contributed by atoms with Gasteiger partial charge >= 0.3 is 0 Å². The van der Waals surface area contributed by atoms with E-state index in [1.165, 1.54) is 0 Å². The molecule has 0 saturated carbocycles. The topological polar surface area (TPSA) is 66.0 Å². The van der Waals surface area contributed by atoms with Gasteiger partial charge in [-0.1, -0.05) is 12.1 Å². The Hall–Kier alpha value is -3.76. The summed E-state index contributed by atoms with van der Waals surface area (Å²) < 4.78 is 11.6. The van der Waals surface area contributed by atoms with Crippen LogP contribution in [0, 0.1) is 29.6 Å². The number of hydrogen-bond acceptors (Lipinski definition) is 4. The first-order chi connectivity index (χ1) is 13.2. The molecule has 0 fully saturated rings. The first-order valence-corrected chi connectivity index (χ1v) is 8.52. The van der Waals surface area contributed by atoms with Crippen LogP contribution in [0.2, 0.25) is 0 Å². The summed E-state index contributed by atoms with van der Waals surface area (Å²) in [6.45, 7) is 2.93. The third kappa shape index (κ3) is 4.87. The molecule has 0 unspecified atom stereocenters. The van der Waals surface area contributed by atoms with E-state index in [2.05, 4.69) is 24.3 Å². The van der Waals surface area contributed by atoms with E-state index in [9.17, 15) is 0 Å². The SMILES string of the molecule is Cc1ccc(COc2ccc(C#N)cc2)cc1COc1ccc(C#N)cc1. The van der Waals surface area contributed by atoms with Gasteiger partial charge in [-0.2, -0.15) is 10.5 Å². The summed E-state index contributed by atoms with van der Waals surface area (Å²) in [7, 11) is 0. The second-order valence-corrected chi connectivity index (χ2v) is 6.11. The highest BCUT2D eigenvalue weighted by Crippen LogP contribution is 2.19. The van der Waals surface area contributed by atoms with Crippen LogP contribution in [0.4, 0.5) is 0 Å². The summed E-state index contributed by atoms with van der Waals surface area (Å²) in [6.07, 6.45) is 0. The molecule has 0 N–H and O–H groups in total. The molecule has 132 valence electrons. The summed E-state index contributed by atoms with van der Waals surface area (Å²) in [5.74, 6) is 1.46. The van der Waals surface area contributed by atoms with E-state index in [1.54, 1.807) is 48.5 Å². The van der Waals surface area contributed by atoms with Gasteiger partial charge in [-0.3, -0.25) is 0 Å². The molecule has 3 aromatic rings. The van der Waals surface area contributed by atoms with Crippen LogP contribution in [0.1, 0.15) is 27.8 Å². The highest BCUT2D eigenvalue weighted by atomic mass is 16.5. The van der Waals surface area contributed by atoms with Gasteiger partial charge < -0.3 is 9.47 Å². The second-order valence-electron chi connectivity index (χ2n) is 6.11. The molecule has 0 amide bonds. The standard InChI is InChI=1S/C23H18N2O2/c1-17-2-3-20(15-26-22-8-4-18(13-24)5-9-22)12-21(17)16-27-23-10-6-19(14-25)7-11-23/h2-12H,15-16H2,1H3. The molecule has 0 radical (unpaired) electrons. The number of aryl methyl sites for hydroxylation is 1. The largest absolute Gasteiger partial charge is 0.489 e. The van der Waals surface area contributed by atoms with Gasteiger partial charge in [0.2, 0.25) is 0 Å². The van der Waals surface area contributed by atoms with Crippen molar-refractivity contribution >= 4 is 0 Å². The Morgan fingerprint density at radius 2 is 1.22 bits per heavy atom. The maximum absolute atomic E-state index is 8.85. The summed E-state index contributed by atoms with van der Waals surface area (Å²) in [5.41, 5.74) is 4.50. The number of ether oxygens (including phenoxy) is 2. The van der Waals surface area contributed by atoms with E-state index in [4.69, 9.17) is 20.0 Å². The summed E-state index contributed by atoms with van der Waals surface area (Å²) in [5, 5.41) is 17.7. The molecule has 3 aromatic carbocycles. The fourth-order valence-corrected chi connectivity index (χ4v) is 2.55. The normalized spacial score (nSPS) is 9.89. The predicted molar refractivity (Wildman–Crippen MR) is 102 cm³/mol. The summed E-state index contributed by atoms with van der Waals surface area (Å²) in [4.78, 5) is 0. The van der Waals surface area contributed by atoms with E-state index >= 15 is 0 Å². The van der Waals surface area contributed by atoms with E-state index < -0.39 is 0 Å². The smallest absolute Gasteiger partial charge is 0.119 e. The van der Waals surface area contributed by atoms with Gasteiger partial charge in [-0.15, -0.1) is 0 Å². The van der Waals surface area contributed by atoms with E-state index in [-0.39, 0.29) is 0 Å². The molecule has 4 heteroatoms. The quantitative estimate of drug-likeness (QED) is 0.632. The van der Waals surface area contributed by atoms with Crippen molar-refractivity contribution in [1.82, 2.24) is 0 Å². The third-order valence-electron chi connectivity index (χ3n) is 4.18. The van der Waals surface area contributed by atoms with Gasteiger partial charge in [0.25, 0.3) is 0 Å². The predicted octanol–water partition coefficient (Wildman–Crippen LogP) is 4.90. The molecule has 0 aliphatic rings. The van der Waals surface area contributed by atoms with Crippen molar-refractivity contribution < 1.29 is 9.47 Å². The van der Waals surface area contributed by atoms with Crippen LogP contribution in [0.3, 0.4) is 0 Å². The van der Waals surface area contributed by atoms with Gasteiger partial charge in [-0.05, 0) is 78.2 Å². The monoisotopic (exact) mass is 354 g/mol. The minimum Gasteiger partial charge on any atom is -0.489 e. The minimum absolute atomic E-state index is 0.441. The molecule has 0 bridgehead atoms. The first kappa shape index (κ1) is 18.0. The fraction of sp³-hybridized carbons (Fsp3) is 0.130. The number of rotatable bonds is 6. The molecule has 0 spiro atoms. The average molecular weight is 354 g/mol. The van der Waals surface area contributed by atoms with E-state index in [0.717, 1.165) is 28.2 Å². The Morgan fingerprint density at radius 3 is 1.74 bits per heavy atom. The zero-order chi connectivity index (χ0) is 19.1. The number of nitriles is 2. The molecule has 0 aromatic heterocycles. The Kier molecular flexibility index (Phi) is 5.72. The van der Waals surface area contributed by atoms with Crippen molar-refractivity contribution in [2.45, 2.75) is 20.1 Å². The molecule has 0 atom stereocenters. The fourth-order valence-electron chi connectivity index (χ4n) is 2.55. The van der Waals surface area contributed by atoms with Crippen LogP contribution in [-0.2, 0) is 13.2 Å². The summed E-state index contributed by atoms with van der Waals surface area (Å²) >= 11 is 0. The number of hydrogen-bond donors (Lipinski definition) is 0. The second kappa shape index (κ2) is 8.56. The Morgan fingerprint density at radius 1 is 0.704 bits per heavy atom. The maximum Gasteiger partial charge on any atom is 0.119 e. The molecule has 27 heavy (non-hydrogen) atoms. The molecule has 0 heterocycles. The van der Waals surface area contributed by atoms with Crippen LogP contribution >= 0.6 is 0 Å². The van der Waals surface area contributed by atoms with Crippen LogP contribution in [0.5, 0.6) is 11.5 Å². The molecular formula is C23H18N2O2. The van der Waals surface area contributed by atoms with Crippen LogP contribution in [-0.4, -0.2) is 0 Å². The number of nitrogens with zero attached hydrogens (tertiary/aromatic N) is 2. The number of benzene rings is 3. The van der Waals surface area contributed by atoms with Crippen molar-refractivity contribution in [3.8, 4) is 23.6 Å². The van der Waals surface area contributed by atoms with Gasteiger partial charge in [0.1, 0.15) is 24.7 Å². The van der Waals surface area contributed by atoms with Crippen LogP contribution in [0.15, 0.2) is 66.7 Å². The molecule has 3 rings (SSSR count). The van der Waals surface area contributed by atoms with Gasteiger partial charge in [0.15, 0.2) is 0 Å². The Bertz CT molecular complexity index is 995. The average Bonchev–Trinajstić information content (AvgIpc) is 2.73. The molecule has 4 nitrogen and oxygen atoms in total.